The third kappa shape index (κ3) is 4.02. The lowest BCUT2D eigenvalue weighted by molar-refractivity contribution is -0.0229. The van der Waals surface area contributed by atoms with Crippen LogP contribution in [-0.4, -0.2) is 22.0 Å². The summed E-state index contributed by atoms with van der Waals surface area (Å²) in [6.45, 7) is 0. The van der Waals surface area contributed by atoms with Crippen molar-refractivity contribution in [3.63, 3.8) is 0 Å². The zero-order chi connectivity index (χ0) is 13.2. The molecule has 1 aromatic carbocycles. The lowest BCUT2D eigenvalue weighted by Crippen LogP contribution is -2.22. The molecule has 0 amide bonds. The molecule has 0 aliphatic carbocycles. The maximum absolute atomic E-state index is 11.4. The molecule has 0 bridgehead atoms. The van der Waals surface area contributed by atoms with E-state index in [2.05, 4.69) is 0 Å². The summed E-state index contributed by atoms with van der Waals surface area (Å²) in [6.07, 6.45) is -0.337. The summed E-state index contributed by atoms with van der Waals surface area (Å²) in [5.74, 6) is -0.845. The van der Waals surface area contributed by atoms with Crippen LogP contribution in [0.4, 0.5) is 0 Å². The van der Waals surface area contributed by atoms with E-state index in [1.165, 1.54) is 0 Å². The zero-order valence-corrected chi connectivity index (χ0v) is 11.3. The largest absolute Gasteiger partial charge is 0.342 e. The van der Waals surface area contributed by atoms with E-state index in [0.29, 0.717) is 6.42 Å². The van der Waals surface area contributed by atoms with E-state index in [0.717, 1.165) is 5.56 Å². The average Bonchev–Trinajstić information content (AvgIpc) is 2.24. The second-order valence-corrected chi connectivity index (χ2v) is 8.18. The highest BCUT2D eigenvalue weighted by Crippen LogP contribution is 2.64. The van der Waals surface area contributed by atoms with Gasteiger partial charge in [-0.15, -0.1) is 0 Å². The molecule has 1 fully saturated rings. The smallest absolute Gasteiger partial charge is 0.324 e. The molecule has 0 spiro atoms. The number of hydrogen-bond acceptors (Lipinski definition) is 4. The van der Waals surface area contributed by atoms with Gasteiger partial charge in [-0.1, -0.05) is 30.3 Å². The molecule has 2 atom stereocenters. The Hall–Kier alpha value is -0.480. The average molecular weight is 292 g/mol. The van der Waals surface area contributed by atoms with E-state index in [-0.39, 0.29) is 6.42 Å². The van der Waals surface area contributed by atoms with Crippen molar-refractivity contribution < 1.29 is 28.0 Å². The van der Waals surface area contributed by atoms with Crippen molar-refractivity contribution in [2.24, 2.45) is 0 Å². The molecule has 1 heterocycles. The Morgan fingerprint density at radius 1 is 1.11 bits per heavy atom. The Bertz CT molecular complexity index is 478. The molecule has 1 aromatic rings. The van der Waals surface area contributed by atoms with Crippen molar-refractivity contribution in [3.05, 3.63) is 35.9 Å². The first kappa shape index (κ1) is 13.9. The third-order valence-electron chi connectivity index (χ3n) is 2.43. The lowest BCUT2D eigenvalue weighted by atomic mass is 10.1. The fourth-order valence-corrected chi connectivity index (χ4v) is 5.15. The van der Waals surface area contributed by atoms with Crippen LogP contribution in [0.25, 0.3) is 0 Å². The van der Waals surface area contributed by atoms with Crippen molar-refractivity contribution in [3.8, 4) is 0 Å². The highest BCUT2D eigenvalue weighted by Gasteiger charge is 2.43. The molecule has 0 aromatic heterocycles. The maximum atomic E-state index is 11.4. The Kier molecular flexibility index (Phi) is 4.07. The second-order valence-electron chi connectivity index (χ2n) is 4.08. The second kappa shape index (κ2) is 5.25. The molecular formula is C10H14O6P2. The fourth-order valence-electron chi connectivity index (χ4n) is 1.71. The molecule has 1 aliphatic heterocycles. The molecule has 1 saturated heterocycles. The Morgan fingerprint density at radius 2 is 1.67 bits per heavy atom. The molecule has 0 radical (unpaired) electrons. The van der Waals surface area contributed by atoms with Crippen LogP contribution in [0.3, 0.4) is 0 Å². The van der Waals surface area contributed by atoms with E-state index in [9.17, 15) is 18.9 Å². The van der Waals surface area contributed by atoms with Crippen molar-refractivity contribution in [1.29, 1.82) is 0 Å². The number of rotatable bonds is 3. The molecule has 0 saturated carbocycles. The Labute approximate surface area is 105 Å². The van der Waals surface area contributed by atoms with Gasteiger partial charge in [-0.05, 0) is 12.0 Å². The minimum absolute atomic E-state index is 0.249. The lowest BCUT2D eigenvalue weighted by Gasteiger charge is -2.29. The van der Waals surface area contributed by atoms with Crippen LogP contribution in [0.15, 0.2) is 30.3 Å². The van der Waals surface area contributed by atoms with Crippen LogP contribution in [0.5, 0.6) is 0 Å². The fraction of sp³-hybridized carbons (Fsp3) is 0.400. The van der Waals surface area contributed by atoms with E-state index < -0.39 is 27.4 Å². The minimum Gasteiger partial charge on any atom is -0.324 e. The van der Waals surface area contributed by atoms with Crippen LogP contribution >= 0.6 is 15.2 Å². The first-order chi connectivity index (χ1) is 8.36. The summed E-state index contributed by atoms with van der Waals surface area (Å²) in [6, 6.07) is 9.39. The molecule has 8 heteroatoms. The number of benzene rings is 1. The van der Waals surface area contributed by atoms with Gasteiger partial charge >= 0.3 is 15.2 Å². The molecule has 2 N–H and O–H groups in total. The molecular weight excluding hydrogens is 278 g/mol. The van der Waals surface area contributed by atoms with Gasteiger partial charge in [0.25, 0.3) is 0 Å². The number of hydrogen-bond donors (Lipinski definition) is 2. The molecule has 18 heavy (non-hydrogen) atoms. The molecule has 6 nitrogen and oxygen atoms in total. The van der Waals surface area contributed by atoms with Gasteiger partial charge in [0, 0.05) is 6.42 Å². The zero-order valence-electron chi connectivity index (χ0n) is 9.51. The van der Waals surface area contributed by atoms with E-state index >= 15 is 0 Å². The topological polar surface area (TPSA) is 93.1 Å². The SMILES string of the molecule is O=P1(O)CP(=O)(O)OC(CCc2ccccc2)O1. The maximum Gasteiger partial charge on any atom is 0.342 e. The Balaban J connectivity index is 1.98. The van der Waals surface area contributed by atoms with Crippen molar-refractivity contribution in [2.45, 2.75) is 19.1 Å². The van der Waals surface area contributed by atoms with Gasteiger partial charge in [0.05, 0.1) is 0 Å². The summed E-state index contributed by atoms with van der Waals surface area (Å²) in [5, 5.41) is 0. The predicted molar refractivity (Wildman–Crippen MR) is 65.2 cm³/mol. The predicted octanol–water partition coefficient (Wildman–Crippen LogP) is 2.32. The van der Waals surface area contributed by atoms with Crippen molar-refractivity contribution in [2.75, 3.05) is 5.90 Å². The van der Waals surface area contributed by atoms with E-state index in [4.69, 9.17) is 9.05 Å². The monoisotopic (exact) mass is 292 g/mol. The highest BCUT2D eigenvalue weighted by atomic mass is 31.2. The third-order valence-corrected chi connectivity index (χ3v) is 6.42. The van der Waals surface area contributed by atoms with Gasteiger partial charge in [0.1, 0.15) is 0 Å². The standard InChI is InChI=1S/C10H14O6P2/c11-17(12)8-18(13,14)16-10(15-17)7-6-9-4-2-1-3-5-9/h1-5,10H,6-8H2,(H,11,12)(H,13,14). The summed E-state index contributed by atoms with van der Waals surface area (Å²) in [7, 11) is -8.05. The Morgan fingerprint density at radius 3 is 2.22 bits per heavy atom. The summed E-state index contributed by atoms with van der Waals surface area (Å²) in [5.41, 5.74) is 0.996. The van der Waals surface area contributed by atoms with Gasteiger partial charge in [0.2, 0.25) is 0 Å². The normalized spacial score (nSPS) is 36.4. The minimum atomic E-state index is -4.02. The van der Waals surface area contributed by atoms with Gasteiger partial charge in [-0.25, -0.2) is 0 Å². The van der Waals surface area contributed by atoms with Crippen molar-refractivity contribution >= 4 is 15.2 Å². The van der Waals surface area contributed by atoms with Crippen LogP contribution in [0.2, 0.25) is 0 Å². The van der Waals surface area contributed by atoms with Gasteiger partial charge in [-0.3, -0.25) is 18.2 Å². The number of aryl methyl sites for hydroxylation is 1. The van der Waals surface area contributed by atoms with E-state index in [1.807, 2.05) is 30.3 Å². The summed E-state index contributed by atoms with van der Waals surface area (Å²) in [4.78, 5) is 18.6. The van der Waals surface area contributed by atoms with Crippen LogP contribution in [-0.2, 0) is 24.6 Å². The van der Waals surface area contributed by atoms with Crippen LogP contribution in [0, 0.1) is 0 Å². The highest BCUT2D eigenvalue weighted by molar-refractivity contribution is 7.70. The molecule has 100 valence electrons. The van der Waals surface area contributed by atoms with E-state index in [1.54, 1.807) is 0 Å². The van der Waals surface area contributed by atoms with Gasteiger partial charge in [0.15, 0.2) is 12.2 Å². The summed E-state index contributed by atoms with van der Waals surface area (Å²) < 4.78 is 32.4. The quantitative estimate of drug-likeness (QED) is 0.830. The molecule has 2 unspecified atom stereocenters. The first-order valence-corrected chi connectivity index (χ1v) is 8.93. The van der Waals surface area contributed by atoms with Crippen molar-refractivity contribution in [1.82, 2.24) is 0 Å². The van der Waals surface area contributed by atoms with Gasteiger partial charge in [-0.2, -0.15) is 0 Å². The van der Waals surface area contributed by atoms with Gasteiger partial charge < -0.3 is 9.79 Å². The van der Waals surface area contributed by atoms with Crippen LogP contribution in [0.1, 0.15) is 12.0 Å². The molecule has 1 aliphatic rings. The first-order valence-electron chi connectivity index (χ1n) is 5.41. The van der Waals surface area contributed by atoms with Crippen LogP contribution < -0.4 is 0 Å². The molecule has 2 rings (SSSR count). The summed E-state index contributed by atoms with van der Waals surface area (Å²) >= 11 is 0.